The number of sulfonamides is 1. The molecule has 0 saturated heterocycles. The summed E-state index contributed by atoms with van der Waals surface area (Å²) in [6.07, 6.45) is -3.30. The van der Waals surface area contributed by atoms with Gasteiger partial charge in [-0.3, -0.25) is 19.7 Å². The molecule has 2 amide bonds. The van der Waals surface area contributed by atoms with E-state index < -0.39 is 80.3 Å². The number of nitrogens with one attached hydrogen (secondary N) is 2. The van der Waals surface area contributed by atoms with Crippen molar-refractivity contribution in [1.29, 1.82) is 0 Å². The minimum Gasteiger partial charge on any atom is -0.489 e. The van der Waals surface area contributed by atoms with Gasteiger partial charge in [0, 0.05) is 30.3 Å². The van der Waals surface area contributed by atoms with Crippen LogP contribution in [-0.4, -0.2) is 98.6 Å². The Labute approximate surface area is 439 Å². The zero-order chi connectivity index (χ0) is 56.8. The molecule has 0 spiro atoms. The number of anilines is 1. The molecule has 0 aliphatic heterocycles. The molecule has 1 atom stereocenters. The molecule has 0 radical (unpaired) electrons. The fraction of sp³-hybridized carbons (Fsp3) is 0.224. The van der Waals surface area contributed by atoms with E-state index >= 15 is 0 Å². The Kier molecular flexibility index (Phi) is 19.8. The van der Waals surface area contributed by atoms with E-state index in [-0.39, 0.29) is 30.1 Å². The van der Waals surface area contributed by atoms with Crippen molar-refractivity contribution in [2.75, 3.05) is 26.1 Å². The van der Waals surface area contributed by atoms with E-state index in [2.05, 4.69) is 25.3 Å². The number of carbonyl (C=O) groups is 4. The molecule has 4 aromatic carbocycles. The second-order valence-corrected chi connectivity index (χ2v) is 17.6. The molecule has 23 nitrogen and oxygen atoms in total. The molecule has 77 heavy (non-hydrogen) atoms. The Balaban J connectivity index is 0.000000230. The number of pyridine rings is 1. The van der Waals surface area contributed by atoms with Gasteiger partial charge in [-0.05, 0) is 92.6 Å². The van der Waals surface area contributed by atoms with Crippen LogP contribution in [0.4, 0.5) is 23.9 Å². The summed E-state index contributed by atoms with van der Waals surface area (Å²) in [7, 11) is -0.897. The minimum absolute atomic E-state index is 0.0677. The number of aryl methyl sites for hydroxylation is 2. The lowest BCUT2D eigenvalue weighted by Gasteiger charge is -2.17. The van der Waals surface area contributed by atoms with Gasteiger partial charge in [0.15, 0.2) is 12.7 Å². The van der Waals surface area contributed by atoms with Crippen LogP contribution in [0.2, 0.25) is 5.02 Å². The maximum Gasteiger partial charge on any atom is 0.431 e. The van der Waals surface area contributed by atoms with Crippen LogP contribution in [0.3, 0.4) is 0 Å². The van der Waals surface area contributed by atoms with Crippen molar-refractivity contribution in [1.82, 2.24) is 33.8 Å². The van der Waals surface area contributed by atoms with Crippen molar-refractivity contribution in [3.05, 3.63) is 157 Å². The van der Waals surface area contributed by atoms with Crippen LogP contribution in [0, 0.1) is 6.92 Å². The van der Waals surface area contributed by atoms with Gasteiger partial charge in [-0.1, -0.05) is 42.8 Å². The fourth-order valence-electron chi connectivity index (χ4n) is 6.59. The monoisotopic (exact) mass is 1110 g/mol. The van der Waals surface area contributed by atoms with Gasteiger partial charge in [0.05, 0.1) is 30.5 Å². The molecule has 0 aliphatic carbocycles. The van der Waals surface area contributed by atoms with Crippen molar-refractivity contribution >= 4 is 62.4 Å². The highest BCUT2D eigenvalue weighted by Crippen LogP contribution is 2.30. The number of methoxy groups -OCH3 is 2. The summed E-state index contributed by atoms with van der Waals surface area (Å²) in [6.45, 7) is 4.76. The summed E-state index contributed by atoms with van der Waals surface area (Å²) in [5.41, 5.74) is -1.71. The van der Waals surface area contributed by atoms with E-state index in [0.29, 0.717) is 48.6 Å². The number of hydrogen-bond acceptors (Lipinski definition) is 17. The molecule has 406 valence electrons. The van der Waals surface area contributed by atoms with Gasteiger partial charge in [0.25, 0.3) is 15.6 Å². The lowest BCUT2D eigenvalue weighted by Crippen LogP contribution is -2.40. The van der Waals surface area contributed by atoms with E-state index in [1.54, 1.807) is 42.1 Å². The number of carboxylic acid groups (broad SMARTS) is 2. The number of hydrogen-bond donors (Lipinski definition) is 4. The average molecular weight is 1110 g/mol. The van der Waals surface area contributed by atoms with Crippen LogP contribution < -0.4 is 40.2 Å². The first-order chi connectivity index (χ1) is 36.4. The molecule has 4 N–H and O–H groups in total. The third-order valence-corrected chi connectivity index (χ3v) is 12.0. The standard InChI is InChI=1S/C25H25F3N2O6.C13H13N5O6S.C11H8ClNO3/c1-5-16-6-7-17(20(12-16)36-15(2)23(32)34-4)14-35-19-10-8-18(9-11-19)30-22(31)13-21(25(26,27)28)29(3)24(30)33;1-7-14-11(17-13(15-7)24-2)16-12(21)18-25(22,23)9-6-4-3-5-8(9)10(19)20;12-8-3-4-9(16-6-10(14)15)11-7(8)2-1-5-13-11/h6-13,15H,5,14H2,1-4H3;3-6H,1-2H3,(H,19,20)(H2,14,15,16,17,18,21);1-5H,6H2,(H,14,15). The molecule has 7 aromatic rings. The number of ether oxygens (including phenoxy) is 5. The number of esters is 1. The number of rotatable bonds is 16. The third-order valence-electron chi connectivity index (χ3n) is 10.3. The van der Waals surface area contributed by atoms with E-state index in [9.17, 15) is 50.4 Å². The number of carbonyl (C=O) groups excluding carboxylic acids is 2. The van der Waals surface area contributed by atoms with Crippen molar-refractivity contribution < 1.29 is 74.7 Å². The molecule has 28 heteroatoms. The topological polar surface area (TPSA) is 309 Å². The molecule has 1 unspecified atom stereocenters. The Morgan fingerprint density at radius 3 is 2.21 bits per heavy atom. The maximum absolute atomic E-state index is 13.1. The highest BCUT2D eigenvalue weighted by atomic mass is 35.5. The summed E-state index contributed by atoms with van der Waals surface area (Å²) < 4.78 is 92.6. The summed E-state index contributed by atoms with van der Waals surface area (Å²) in [4.78, 5) is 84.8. The molecule has 0 aliphatic rings. The Morgan fingerprint density at radius 2 is 1.57 bits per heavy atom. The number of carboxylic acids is 2. The lowest BCUT2D eigenvalue weighted by molar-refractivity contribution is -0.148. The molecule has 3 aromatic heterocycles. The number of benzene rings is 4. The van der Waals surface area contributed by atoms with Crippen LogP contribution >= 0.6 is 11.6 Å². The molecule has 3 heterocycles. The van der Waals surface area contributed by atoms with Crippen molar-refractivity contribution in [3.63, 3.8) is 0 Å². The van der Waals surface area contributed by atoms with Crippen molar-refractivity contribution in [2.24, 2.45) is 7.05 Å². The Bertz CT molecular complexity index is 3550. The number of urea groups is 1. The predicted octanol–water partition coefficient (Wildman–Crippen LogP) is 6.39. The summed E-state index contributed by atoms with van der Waals surface area (Å²) in [5.74, 6) is -1.74. The normalized spacial score (nSPS) is 11.4. The lowest BCUT2D eigenvalue weighted by atomic mass is 10.1. The van der Waals surface area contributed by atoms with Gasteiger partial charge in [-0.25, -0.2) is 41.7 Å². The molecular formula is C49H46ClF3N8O15S. The maximum atomic E-state index is 13.1. The molecule has 7 rings (SSSR count). The number of aliphatic carboxylic acids is 1. The highest BCUT2D eigenvalue weighted by Gasteiger charge is 2.35. The van der Waals surface area contributed by atoms with Crippen LogP contribution in [0.25, 0.3) is 16.6 Å². The number of fused-ring (bicyclic) bond motifs is 1. The van der Waals surface area contributed by atoms with Gasteiger partial charge < -0.3 is 33.9 Å². The first-order valence-corrected chi connectivity index (χ1v) is 24.0. The Hall–Kier alpha value is -9.11. The first-order valence-electron chi connectivity index (χ1n) is 22.2. The number of halogens is 4. The number of amides is 2. The molecule has 0 fully saturated rings. The number of aromatic nitrogens is 6. The second-order valence-electron chi connectivity index (χ2n) is 15.6. The molecule has 0 bridgehead atoms. The fourth-order valence-corrected chi connectivity index (χ4v) is 7.92. The van der Waals surface area contributed by atoms with E-state index in [4.69, 9.17) is 45.5 Å². The van der Waals surface area contributed by atoms with Gasteiger partial charge in [0.1, 0.15) is 45.8 Å². The second kappa shape index (κ2) is 25.9. The van der Waals surface area contributed by atoms with Crippen molar-refractivity contribution in [2.45, 2.75) is 51.0 Å². The zero-order valence-electron chi connectivity index (χ0n) is 41.3. The predicted molar refractivity (Wildman–Crippen MR) is 268 cm³/mol. The zero-order valence-corrected chi connectivity index (χ0v) is 42.9. The quantitative estimate of drug-likeness (QED) is 0.0762. The SMILES string of the molecule is CCc1ccc(COc2ccc(-n3c(=O)cc(C(F)(F)F)n(C)c3=O)cc2)c(OC(C)C(=O)OC)c1.COc1nc(C)nc(NC(=O)NS(=O)(=O)c2ccccc2C(=O)O)n1.O=C(O)COc1ccc(Cl)c2cccnc12. The van der Waals surface area contributed by atoms with Crippen LogP contribution in [0.1, 0.15) is 46.9 Å². The minimum atomic E-state index is -4.84. The average Bonchev–Trinajstić information content (AvgIpc) is 3.39. The van der Waals surface area contributed by atoms with Crippen LogP contribution in [0.5, 0.6) is 23.3 Å². The largest absolute Gasteiger partial charge is 0.489 e. The summed E-state index contributed by atoms with van der Waals surface area (Å²) in [6, 6.07) is 22.1. The van der Waals surface area contributed by atoms with Gasteiger partial charge in [0.2, 0.25) is 5.95 Å². The number of alkyl halides is 3. The van der Waals surface area contributed by atoms with Crippen LogP contribution in [-0.2, 0) is 50.6 Å². The van der Waals surface area contributed by atoms with Gasteiger partial charge >= 0.3 is 41.8 Å². The third kappa shape index (κ3) is 15.7. The summed E-state index contributed by atoms with van der Waals surface area (Å²) >= 11 is 5.98. The smallest absolute Gasteiger partial charge is 0.431 e. The van der Waals surface area contributed by atoms with E-state index in [0.717, 1.165) is 36.6 Å². The van der Waals surface area contributed by atoms with Gasteiger partial charge in [-0.15, -0.1) is 0 Å². The molecular weight excluding hydrogens is 1070 g/mol. The molecule has 0 saturated carbocycles. The Morgan fingerprint density at radius 1 is 0.870 bits per heavy atom. The van der Waals surface area contributed by atoms with Crippen molar-refractivity contribution in [3.8, 4) is 28.9 Å². The first kappa shape index (κ1) is 58.8. The summed E-state index contributed by atoms with van der Waals surface area (Å²) in [5, 5.41) is 21.0. The number of nitrogens with zero attached hydrogens (tertiary/aromatic N) is 6. The highest BCUT2D eigenvalue weighted by molar-refractivity contribution is 7.90. The van der Waals surface area contributed by atoms with Gasteiger partial charge in [-0.2, -0.15) is 28.1 Å². The van der Waals surface area contributed by atoms with E-state index in [1.807, 2.05) is 25.1 Å². The van der Waals surface area contributed by atoms with Crippen LogP contribution in [0.15, 0.2) is 118 Å². The number of aromatic carboxylic acids is 1. The van der Waals surface area contributed by atoms with E-state index in [1.165, 1.54) is 57.5 Å².